The molecule has 0 saturated carbocycles. The highest BCUT2D eigenvalue weighted by atomic mass is 19.4. The van der Waals surface area contributed by atoms with Crippen LogP contribution in [-0.2, 0) is 6.18 Å². The molecule has 2 heterocycles. The van der Waals surface area contributed by atoms with Crippen molar-refractivity contribution in [2.45, 2.75) is 6.18 Å². The molecular formula is C14H8F3N3O2. The minimum absolute atomic E-state index is 0.151. The number of imidazole rings is 1. The number of rotatable bonds is 2. The summed E-state index contributed by atoms with van der Waals surface area (Å²) < 4.78 is 39.3. The fourth-order valence-corrected chi connectivity index (χ4v) is 2.14. The van der Waals surface area contributed by atoms with Crippen molar-refractivity contribution in [2.75, 3.05) is 0 Å². The molecule has 0 bridgehead atoms. The highest BCUT2D eigenvalue weighted by Gasteiger charge is 2.31. The molecular weight excluding hydrogens is 299 g/mol. The van der Waals surface area contributed by atoms with Gasteiger partial charge in [0.15, 0.2) is 0 Å². The number of pyridine rings is 1. The highest BCUT2D eigenvalue weighted by Crippen LogP contribution is 2.31. The predicted molar refractivity (Wildman–Crippen MR) is 72.3 cm³/mol. The lowest BCUT2D eigenvalue weighted by atomic mass is 10.1. The lowest BCUT2D eigenvalue weighted by molar-refractivity contribution is -0.384. The SMILES string of the molecule is O=[N+]([O-])c1ccccc1-c1cn2cc(C(F)(F)F)ccc2n1. The maximum Gasteiger partial charge on any atom is 0.417 e. The van der Waals surface area contributed by atoms with Gasteiger partial charge in [0.2, 0.25) is 0 Å². The number of nitrogens with zero attached hydrogens (tertiary/aromatic N) is 3. The zero-order chi connectivity index (χ0) is 15.9. The standard InChI is InChI=1S/C14H8F3N3O2/c15-14(16,17)9-5-6-13-18-11(8-19(13)7-9)10-3-1-2-4-12(10)20(21)22/h1-8H. The van der Waals surface area contributed by atoms with E-state index in [0.29, 0.717) is 0 Å². The van der Waals surface area contributed by atoms with E-state index in [1.165, 1.54) is 34.9 Å². The van der Waals surface area contributed by atoms with E-state index in [9.17, 15) is 23.3 Å². The van der Waals surface area contributed by atoms with E-state index in [4.69, 9.17) is 0 Å². The number of nitro groups is 1. The Morgan fingerprint density at radius 2 is 1.82 bits per heavy atom. The van der Waals surface area contributed by atoms with E-state index >= 15 is 0 Å². The number of alkyl halides is 3. The third-order valence-corrected chi connectivity index (χ3v) is 3.16. The number of benzene rings is 1. The molecule has 3 aromatic rings. The third kappa shape index (κ3) is 2.39. The summed E-state index contributed by atoms with van der Waals surface area (Å²) in [5.41, 5.74) is -0.189. The Labute approximate surface area is 121 Å². The van der Waals surface area contributed by atoms with Gasteiger partial charge in [0.25, 0.3) is 5.69 Å². The van der Waals surface area contributed by atoms with E-state index in [2.05, 4.69) is 4.98 Å². The maximum atomic E-state index is 12.7. The number of nitro benzene ring substituents is 1. The summed E-state index contributed by atoms with van der Waals surface area (Å²) in [7, 11) is 0. The monoisotopic (exact) mass is 307 g/mol. The van der Waals surface area contributed by atoms with Crippen molar-refractivity contribution in [3.63, 3.8) is 0 Å². The van der Waals surface area contributed by atoms with E-state index in [-0.39, 0.29) is 22.6 Å². The summed E-state index contributed by atoms with van der Waals surface area (Å²) in [5.74, 6) is 0. The number of halogens is 3. The first-order valence-corrected chi connectivity index (χ1v) is 6.16. The second-order valence-electron chi connectivity index (χ2n) is 4.58. The summed E-state index contributed by atoms with van der Waals surface area (Å²) >= 11 is 0. The molecule has 0 atom stereocenters. The van der Waals surface area contributed by atoms with Crippen LogP contribution in [0.2, 0.25) is 0 Å². The fraction of sp³-hybridized carbons (Fsp3) is 0.0714. The average Bonchev–Trinajstić information content (AvgIpc) is 2.89. The minimum atomic E-state index is -4.46. The van der Waals surface area contributed by atoms with Gasteiger partial charge < -0.3 is 4.40 Å². The zero-order valence-corrected chi connectivity index (χ0v) is 10.9. The smallest absolute Gasteiger partial charge is 0.306 e. The van der Waals surface area contributed by atoms with Crippen LogP contribution in [0.3, 0.4) is 0 Å². The van der Waals surface area contributed by atoms with Crippen LogP contribution in [0.4, 0.5) is 18.9 Å². The van der Waals surface area contributed by atoms with Gasteiger partial charge in [-0.05, 0) is 18.2 Å². The predicted octanol–water partition coefficient (Wildman–Crippen LogP) is 3.93. The minimum Gasteiger partial charge on any atom is -0.306 e. The molecule has 22 heavy (non-hydrogen) atoms. The number of fused-ring (bicyclic) bond motifs is 1. The molecule has 0 N–H and O–H groups in total. The van der Waals surface area contributed by atoms with Gasteiger partial charge in [-0.3, -0.25) is 10.1 Å². The molecule has 0 spiro atoms. The topological polar surface area (TPSA) is 60.4 Å². The van der Waals surface area contributed by atoms with Gasteiger partial charge in [-0.2, -0.15) is 13.2 Å². The summed E-state index contributed by atoms with van der Waals surface area (Å²) in [6, 6.07) is 8.09. The van der Waals surface area contributed by atoms with Crippen LogP contribution in [0.1, 0.15) is 5.56 Å². The molecule has 0 aliphatic heterocycles. The van der Waals surface area contributed by atoms with Crippen molar-refractivity contribution in [1.29, 1.82) is 0 Å². The zero-order valence-electron chi connectivity index (χ0n) is 10.9. The number of hydrogen-bond acceptors (Lipinski definition) is 3. The normalized spacial score (nSPS) is 11.8. The fourth-order valence-electron chi connectivity index (χ4n) is 2.14. The van der Waals surface area contributed by atoms with Crippen LogP contribution in [0.15, 0.2) is 48.8 Å². The summed E-state index contributed by atoms with van der Waals surface area (Å²) in [6.07, 6.45) is -2.22. The van der Waals surface area contributed by atoms with Gasteiger partial charge in [0.1, 0.15) is 5.65 Å². The summed E-state index contributed by atoms with van der Waals surface area (Å²) in [4.78, 5) is 14.6. The van der Waals surface area contributed by atoms with Gasteiger partial charge >= 0.3 is 6.18 Å². The Morgan fingerprint density at radius 3 is 2.50 bits per heavy atom. The molecule has 0 fully saturated rings. The molecule has 1 aromatic carbocycles. The molecule has 2 aromatic heterocycles. The van der Waals surface area contributed by atoms with Gasteiger partial charge in [-0.15, -0.1) is 0 Å². The molecule has 0 amide bonds. The molecule has 0 radical (unpaired) electrons. The van der Waals surface area contributed by atoms with Crippen LogP contribution in [-0.4, -0.2) is 14.3 Å². The largest absolute Gasteiger partial charge is 0.417 e. The quantitative estimate of drug-likeness (QED) is 0.532. The maximum absolute atomic E-state index is 12.7. The Hall–Kier alpha value is -2.90. The molecule has 5 nitrogen and oxygen atoms in total. The van der Waals surface area contributed by atoms with E-state index < -0.39 is 16.7 Å². The second kappa shape index (κ2) is 4.83. The Morgan fingerprint density at radius 1 is 1.09 bits per heavy atom. The first kappa shape index (κ1) is 14.1. The molecule has 0 aliphatic rings. The van der Waals surface area contributed by atoms with Gasteiger partial charge in [-0.1, -0.05) is 12.1 Å². The number of aromatic nitrogens is 2. The molecule has 3 rings (SSSR count). The summed E-state index contributed by atoms with van der Waals surface area (Å²) in [5, 5.41) is 11.0. The first-order valence-electron chi connectivity index (χ1n) is 6.16. The Bertz CT molecular complexity index is 871. The lowest BCUT2D eigenvalue weighted by Crippen LogP contribution is -2.05. The first-order chi connectivity index (χ1) is 10.4. The van der Waals surface area contributed by atoms with Crippen LogP contribution in [0.5, 0.6) is 0 Å². The molecule has 0 unspecified atom stereocenters. The van der Waals surface area contributed by atoms with Crippen LogP contribution < -0.4 is 0 Å². The van der Waals surface area contributed by atoms with Gasteiger partial charge in [0.05, 0.1) is 21.7 Å². The van der Waals surface area contributed by atoms with Crippen molar-refractivity contribution in [3.8, 4) is 11.3 Å². The Balaban J connectivity index is 2.16. The molecule has 0 saturated heterocycles. The number of para-hydroxylation sites is 1. The number of hydrogen-bond donors (Lipinski definition) is 0. The second-order valence-corrected chi connectivity index (χ2v) is 4.58. The molecule has 0 aliphatic carbocycles. The highest BCUT2D eigenvalue weighted by molar-refractivity contribution is 5.72. The van der Waals surface area contributed by atoms with Crippen LogP contribution in [0, 0.1) is 10.1 Å². The Kier molecular flexibility index (Phi) is 3.09. The average molecular weight is 307 g/mol. The van der Waals surface area contributed by atoms with E-state index in [1.807, 2.05) is 0 Å². The van der Waals surface area contributed by atoms with Gasteiger partial charge in [0, 0.05) is 18.5 Å². The van der Waals surface area contributed by atoms with Crippen molar-refractivity contribution >= 4 is 11.3 Å². The van der Waals surface area contributed by atoms with Gasteiger partial charge in [-0.25, -0.2) is 4.98 Å². The van der Waals surface area contributed by atoms with Crippen molar-refractivity contribution in [1.82, 2.24) is 9.38 Å². The van der Waals surface area contributed by atoms with E-state index in [1.54, 1.807) is 6.07 Å². The van der Waals surface area contributed by atoms with E-state index in [0.717, 1.165) is 12.3 Å². The summed E-state index contributed by atoms with van der Waals surface area (Å²) in [6.45, 7) is 0. The van der Waals surface area contributed by atoms with Crippen molar-refractivity contribution in [2.24, 2.45) is 0 Å². The van der Waals surface area contributed by atoms with Crippen molar-refractivity contribution in [3.05, 3.63) is 64.5 Å². The van der Waals surface area contributed by atoms with Crippen LogP contribution >= 0.6 is 0 Å². The van der Waals surface area contributed by atoms with Crippen LogP contribution in [0.25, 0.3) is 16.9 Å². The molecule has 112 valence electrons. The third-order valence-electron chi connectivity index (χ3n) is 3.16. The lowest BCUT2D eigenvalue weighted by Gasteiger charge is -2.05. The molecule has 8 heteroatoms. The van der Waals surface area contributed by atoms with Crippen molar-refractivity contribution < 1.29 is 18.1 Å².